The number of carbonyl (C=O) groups is 1. The smallest absolute Gasteiger partial charge is 0.251 e. The summed E-state index contributed by atoms with van der Waals surface area (Å²) in [5.74, 6) is 0.232. The average Bonchev–Trinajstić information content (AvgIpc) is 2.63. The lowest BCUT2D eigenvalue weighted by Crippen LogP contribution is -2.48. The number of sulfonamides is 1. The van der Waals surface area contributed by atoms with Crippen molar-refractivity contribution in [3.63, 3.8) is 0 Å². The Morgan fingerprint density at radius 1 is 1.19 bits per heavy atom. The number of hydrogen-bond donors (Lipinski definition) is 2. The van der Waals surface area contributed by atoms with Crippen LogP contribution < -0.4 is 10.6 Å². The van der Waals surface area contributed by atoms with Gasteiger partial charge in [-0.2, -0.15) is 4.31 Å². The molecule has 154 valence electrons. The standard InChI is InChI=1S/C19H31N3O3S.ClH/c1-4-12-22(13-5-2)26(24,25)17-8-6-16(7-9-17)19(23)21-18-10-11-20-14-15(18)3;/h6-9,15,18,20H,4-5,10-14H2,1-3H3,(H,21,23);1H. The van der Waals surface area contributed by atoms with Crippen molar-refractivity contribution >= 4 is 28.3 Å². The molecule has 0 radical (unpaired) electrons. The van der Waals surface area contributed by atoms with Crippen LogP contribution in [-0.4, -0.2) is 50.9 Å². The highest BCUT2D eigenvalue weighted by atomic mass is 35.5. The summed E-state index contributed by atoms with van der Waals surface area (Å²) in [7, 11) is -3.51. The van der Waals surface area contributed by atoms with Crippen LogP contribution in [0.4, 0.5) is 0 Å². The minimum atomic E-state index is -3.51. The van der Waals surface area contributed by atoms with Gasteiger partial charge in [-0.15, -0.1) is 12.4 Å². The van der Waals surface area contributed by atoms with E-state index >= 15 is 0 Å². The summed E-state index contributed by atoms with van der Waals surface area (Å²) in [6.45, 7) is 8.85. The monoisotopic (exact) mass is 417 g/mol. The highest BCUT2D eigenvalue weighted by molar-refractivity contribution is 7.89. The SMILES string of the molecule is CCCN(CCC)S(=O)(=O)c1ccc(C(=O)NC2CCNCC2C)cc1.Cl. The number of benzene rings is 1. The van der Waals surface area contributed by atoms with Crippen molar-refractivity contribution in [1.29, 1.82) is 0 Å². The number of halogens is 1. The predicted molar refractivity (Wildman–Crippen MR) is 111 cm³/mol. The van der Waals surface area contributed by atoms with Gasteiger partial charge >= 0.3 is 0 Å². The fraction of sp³-hybridized carbons (Fsp3) is 0.632. The molecule has 1 aromatic carbocycles. The summed E-state index contributed by atoms with van der Waals surface area (Å²) in [6.07, 6.45) is 2.45. The van der Waals surface area contributed by atoms with E-state index in [-0.39, 0.29) is 29.3 Å². The summed E-state index contributed by atoms with van der Waals surface area (Å²) >= 11 is 0. The zero-order valence-electron chi connectivity index (χ0n) is 16.4. The molecule has 0 aliphatic carbocycles. The summed E-state index contributed by atoms with van der Waals surface area (Å²) in [6, 6.07) is 6.42. The van der Waals surface area contributed by atoms with E-state index in [1.54, 1.807) is 12.1 Å². The molecule has 8 heteroatoms. The zero-order valence-corrected chi connectivity index (χ0v) is 18.0. The number of rotatable bonds is 8. The van der Waals surface area contributed by atoms with E-state index in [0.717, 1.165) is 32.4 Å². The largest absolute Gasteiger partial charge is 0.349 e. The molecular weight excluding hydrogens is 386 g/mol. The minimum absolute atomic E-state index is 0. The second-order valence-corrected chi connectivity index (χ2v) is 8.92. The first-order valence-electron chi connectivity index (χ1n) is 9.52. The van der Waals surface area contributed by atoms with Crippen LogP contribution in [0.5, 0.6) is 0 Å². The number of amides is 1. The molecule has 1 aliphatic rings. The maximum atomic E-state index is 12.8. The number of carbonyl (C=O) groups excluding carboxylic acids is 1. The second kappa shape index (κ2) is 11.0. The van der Waals surface area contributed by atoms with Gasteiger partial charge < -0.3 is 10.6 Å². The topological polar surface area (TPSA) is 78.5 Å². The van der Waals surface area contributed by atoms with Crippen LogP contribution in [-0.2, 0) is 10.0 Å². The van der Waals surface area contributed by atoms with Crippen molar-refractivity contribution in [2.75, 3.05) is 26.2 Å². The molecule has 1 fully saturated rings. The Kier molecular flexibility index (Phi) is 9.73. The van der Waals surface area contributed by atoms with E-state index in [1.807, 2.05) is 13.8 Å². The number of hydrogen-bond acceptors (Lipinski definition) is 4. The fourth-order valence-corrected chi connectivity index (χ4v) is 4.88. The lowest BCUT2D eigenvalue weighted by Gasteiger charge is -2.30. The normalized spacial score (nSPS) is 20.1. The van der Waals surface area contributed by atoms with E-state index in [2.05, 4.69) is 17.6 Å². The van der Waals surface area contributed by atoms with E-state index in [0.29, 0.717) is 24.6 Å². The third kappa shape index (κ3) is 6.17. The van der Waals surface area contributed by atoms with Gasteiger partial charge in [0.05, 0.1) is 4.90 Å². The molecule has 0 spiro atoms. The second-order valence-electron chi connectivity index (χ2n) is 6.98. The lowest BCUT2D eigenvalue weighted by molar-refractivity contribution is 0.0914. The molecule has 1 heterocycles. The van der Waals surface area contributed by atoms with Crippen molar-refractivity contribution in [3.8, 4) is 0 Å². The molecule has 2 atom stereocenters. The summed E-state index contributed by atoms with van der Waals surface area (Å²) in [5, 5.41) is 6.38. The highest BCUT2D eigenvalue weighted by Crippen LogP contribution is 2.18. The Balaban J connectivity index is 0.00000364. The van der Waals surface area contributed by atoms with E-state index in [9.17, 15) is 13.2 Å². The van der Waals surface area contributed by atoms with Crippen LogP contribution in [0.1, 0.15) is 50.4 Å². The van der Waals surface area contributed by atoms with Crippen LogP contribution in [0.2, 0.25) is 0 Å². The first-order chi connectivity index (χ1) is 12.4. The van der Waals surface area contributed by atoms with Gasteiger partial charge in [-0.25, -0.2) is 8.42 Å². The molecule has 2 N–H and O–H groups in total. The first-order valence-corrected chi connectivity index (χ1v) is 11.0. The zero-order chi connectivity index (χ0) is 19.2. The average molecular weight is 418 g/mol. The van der Waals surface area contributed by atoms with Gasteiger partial charge in [0.1, 0.15) is 0 Å². The van der Waals surface area contributed by atoms with E-state index in [1.165, 1.54) is 16.4 Å². The van der Waals surface area contributed by atoms with Gasteiger partial charge in [0.15, 0.2) is 0 Å². The Labute approximate surface area is 169 Å². The molecule has 2 unspecified atom stereocenters. The molecule has 1 saturated heterocycles. The molecule has 2 rings (SSSR count). The Hall–Kier alpha value is -1.15. The first kappa shape index (κ1) is 23.9. The summed E-state index contributed by atoms with van der Waals surface area (Å²) in [4.78, 5) is 12.7. The number of piperidine rings is 1. The third-order valence-electron chi connectivity index (χ3n) is 4.80. The van der Waals surface area contributed by atoms with Crippen molar-refractivity contribution in [3.05, 3.63) is 29.8 Å². The Morgan fingerprint density at radius 2 is 1.78 bits per heavy atom. The lowest BCUT2D eigenvalue weighted by atomic mass is 9.95. The fourth-order valence-electron chi connectivity index (χ4n) is 3.26. The number of nitrogens with zero attached hydrogens (tertiary/aromatic N) is 1. The quantitative estimate of drug-likeness (QED) is 0.681. The van der Waals surface area contributed by atoms with Gasteiger partial charge in [-0.3, -0.25) is 4.79 Å². The van der Waals surface area contributed by atoms with Gasteiger partial charge in [-0.1, -0.05) is 20.8 Å². The molecule has 0 bridgehead atoms. The van der Waals surface area contributed by atoms with Crippen molar-refractivity contribution in [2.45, 2.75) is 51.0 Å². The molecule has 27 heavy (non-hydrogen) atoms. The van der Waals surface area contributed by atoms with Crippen LogP contribution in [0.25, 0.3) is 0 Å². The van der Waals surface area contributed by atoms with Gasteiger partial charge in [0.25, 0.3) is 5.91 Å². The van der Waals surface area contributed by atoms with Gasteiger partial charge in [-0.05, 0) is 62.5 Å². The van der Waals surface area contributed by atoms with Crippen LogP contribution >= 0.6 is 12.4 Å². The number of nitrogens with one attached hydrogen (secondary N) is 2. The Bertz CT molecular complexity index is 689. The molecule has 6 nitrogen and oxygen atoms in total. The molecule has 1 aromatic rings. The summed E-state index contributed by atoms with van der Waals surface area (Å²) in [5.41, 5.74) is 0.493. The Morgan fingerprint density at radius 3 is 2.30 bits per heavy atom. The van der Waals surface area contributed by atoms with Crippen LogP contribution in [0.3, 0.4) is 0 Å². The van der Waals surface area contributed by atoms with Crippen molar-refractivity contribution in [1.82, 2.24) is 14.9 Å². The van der Waals surface area contributed by atoms with Crippen molar-refractivity contribution in [2.24, 2.45) is 5.92 Å². The maximum absolute atomic E-state index is 12.8. The third-order valence-corrected chi connectivity index (χ3v) is 6.71. The highest BCUT2D eigenvalue weighted by Gasteiger charge is 2.25. The predicted octanol–water partition coefficient (Wildman–Crippen LogP) is 2.65. The van der Waals surface area contributed by atoms with E-state index < -0.39 is 10.0 Å². The maximum Gasteiger partial charge on any atom is 0.251 e. The minimum Gasteiger partial charge on any atom is -0.349 e. The van der Waals surface area contributed by atoms with Crippen LogP contribution in [0.15, 0.2) is 29.2 Å². The van der Waals surface area contributed by atoms with Crippen LogP contribution in [0, 0.1) is 5.92 Å². The van der Waals surface area contributed by atoms with Gasteiger partial charge in [0.2, 0.25) is 10.0 Å². The summed E-state index contributed by atoms with van der Waals surface area (Å²) < 4.78 is 27.1. The van der Waals surface area contributed by atoms with Gasteiger partial charge in [0, 0.05) is 24.7 Å². The molecular formula is C19H32ClN3O3S. The van der Waals surface area contributed by atoms with E-state index in [4.69, 9.17) is 0 Å². The molecule has 1 aliphatic heterocycles. The molecule has 0 saturated carbocycles. The molecule has 0 aromatic heterocycles. The molecule has 1 amide bonds. The van der Waals surface area contributed by atoms with Crippen molar-refractivity contribution < 1.29 is 13.2 Å².